The van der Waals surface area contributed by atoms with Crippen molar-refractivity contribution in [1.29, 1.82) is 0 Å². The normalized spacial score (nSPS) is 11.7. The summed E-state index contributed by atoms with van der Waals surface area (Å²) < 4.78 is 44.8. The molecule has 0 bridgehead atoms. The molecule has 2 rings (SSSR count). The maximum Gasteiger partial charge on any atom is 0.265 e. The zero-order chi connectivity index (χ0) is 17.9. The molecule has 1 unspecified atom stereocenters. The van der Waals surface area contributed by atoms with E-state index in [0.717, 1.165) is 6.07 Å². The Labute approximate surface area is 135 Å². The summed E-state index contributed by atoms with van der Waals surface area (Å²) in [7, 11) is 0. The zero-order valence-electron chi connectivity index (χ0n) is 12.5. The van der Waals surface area contributed by atoms with E-state index in [0.29, 0.717) is 6.07 Å². The number of benzene rings is 2. The van der Waals surface area contributed by atoms with Gasteiger partial charge in [0.15, 0.2) is 23.6 Å². The van der Waals surface area contributed by atoms with Crippen LogP contribution in [0.15, 0.2) is 36.4 Å². The molecule has 0 heterocycles. The smallest absolute Gasteiger partial charge is 0.265 e. The molecular formula is C16H13F3N2O3. The summed E-state index contributed by atoms with van der Waals surface area (Å²) in [5.41, 5.74) is 4.87. The fourth-order valence-electron chi connectivity index (χ4n) is 1.81. The molecule has 0 saturated carbocycles. The first-order valence-electron chi connectivity index (χ1n) is 6.80. The molecule has 0 aliphatic rings. The first-order valence-corrected chi connectivity index (χ1v) is 6.80. The molecule has 1 atom stereocenters. The van der Waals surface area contributed by atoms with E-state index in [1.54, 1.807) is 0 Å². The second-order valence-electron chi connectivity index (χ2n) is 4.86. The van der Waals surface area contributed by atoms with Crippen LogP contribution in [0.4, 0.5) is 18.9 Å². The van der Waals surface area contributed by atoms with E-state index in [4.69, 9.17) is 10.5 Å². The van der Waals surface area contributed by atoms with Crippen molar-refractivity contribution >= 4 is 17.5 Å². The van der Waals surface area contributed by atoms with Gasteiger partial charge in [-0.15, -0.1) is 0 Å². The number of hydrogen-bond acceptors (Lipinski definition) is 3. The minimum Gasteiger partial charge on any atom is -0.481 e. The van der Waals surface area contributed by atoms with Crippen LogP contribution in [0.2, 0.25) is 0 Å². The molecule has 3 N–H and O–H groups in total. The molecule has 2 aromatic rings. The summed E-state index contributed by atoms with van der Waals surface area (Å²) in [5, 5.41) is 2.11. The van der Waals surface area contributed by atoms with Crippen LogP contribution in [0.3, 0.4) is 0 Å². The van der Waals surface area contributed by atoms with Gasteiger partial charge in [-0.05, 0) is 43.3 Å². The van der Waals surface area contributed by atoms with Crippen LogP contribution < -0.4 is 15.8 Å². The summed E-state index contributed by atoms with van der Waals surface area (Å²) in [6.07, 6.45) is -1.06. The Morgan fingerprint density at radius 2 is 1.67 bits per heavy atom. The number of ether oxygens (including phenoxy) is 1. The number of anilines is 1. The van der Waals surface area contributed by atoms with E-state index in [-0.39, 0.29) is 11.3 Å². The van der Waals surface area contributed by atoms with Gasteiger partial charge in [-0.3, -0.25) is 9.59 Å². The third-order valence-corrected chi connectivity index (χ3v) is 3.11. The molecular weight excluding hydrogens is 325 g/mol. The monoisotopic (exact) mass is 338 g/mol. The van der Waals surface area contributed by atoms with Crippen molar-refractivity contribution in [3.05, 3.63) is 59.4 Å². The Balaban J connectivity index is 2.04. The lowest BCUT2D eigenvalue weighted by Crippen LogP contribution is -2.30. The van der Waals surface area contributed by atoms with Gasteiger partial charge in [0.25, 0.3) is 5.91 Å². The van der Waals surface area contributed by atoms with Crippen molar-refractivity contribution in [3.63, 3.8) is 0 Å². The third kappa shape index (κ3) is 3.83. The van der Waals surface area contributed by atoms with Crippen LogP contribution >= 0.6 is 0 Å². The van der Waals surface area contributed by atoms with E-state index in [2.05, 4.69) is 5.32 Å². The predicted molar refractivity (Wildman–Crippen MR) is 80.0 cm³/mol. The van der Waals surface area contributed by atoms with Crippen LogP contribution in [0.5, 0.6) is 5.75 Å². The molecule has 8 heteroatoms. The average Bonchev–Trinajstić information content (AvgIpc) is 2.55. The number of carbonyl (C=O) groups excluding carboxylic acids is 2. The molecule has 2 amide bonds. The van der Waals surface area contributed by atoms with Gasteiger partial charge < -0.3 is 15.8 Å². The SMILES string of the molecule is CC(Oc1ccc(C(N)=O)cc1)C(=O)Nc1ccc(F)c(F)c1F. The maximum absolute atomic E-state index is 13.5. The molecule has 0 spiro atoms. The highest BCUT2D eigenvalue weighted by Gasteiger charge is 2.19. The molecule has 0 fully saturated rings. The molecule has 2 aromatic carbocycles. The summed E-state index contributed by atoms with van der Waals surface area (Å²) in [4.78, 5) is 22.9. The lowest BCUT2D eigenvalue weighted by Gasteiger charge is -2.15. The van der Waals surface area contributed by atoms with Gasteiger partial charge in [0.05, 0.1) is 5.69 Å². The second-order valence-corrected chi connectivity index (χ2v) is 4.86. The van der Waals surface area contributed by atoms with Crippen molar-refractivity contribution < 1.29 is 27.5 Å². The van der Waals surface area contributed by atoms with E-state index >= 15 is 0 Å². The average molecular weight is 338 g/mol. The molecule has 0 aromatic heterocycles. The van der Waals surface area contributed by atoms with Gasteiger partial charge >= 0.3 is 0 Å². The summed E-state index contributed by atoms with van der Waals surface area (Å²) >= 11 is 0. The van der Waals surface area contributed by atoms with E-state index < -0.39 is 41.1 Å². The van der Waals surface area contributed by atoms with Gasteiger partial charge in [-0.2, -0.15) is 0 Å². The van der Waals surface area contributed by atoms with Crippen LogP contribution in [0, 0.1) is 17.5 Å². The standard InChI is InChI=1S/C16H13F3N2O3/c1-8(24-10-4-2-9(3-5-10)15(20)22)16(23)21-12-7-6-11(17)13(18)14(12)19/h2-8H,1H3,(H2,20,22)(H,21,23). The first-order chi connectivity index (χ1) is 11.3. The Kier molecular flexibility index (Phi) is 5.08. The Bertz CT molecular complexity index is 779. The van der Waals surface area contributed by atoms with Gasteiger partial charge in [0.1, 0.15) is 5.75 Å². The van der Waals surface area contributed by atoms with E-state index in [9.17, 15) is 22.8 Å². The molecule has 0 aliphatic heterocycles. The number of amides is 2. The molecule has 24 heavy (non-hydrogen) atoms. The van der Waals surface area contributed by atoms with Crippen molar-refractivity contribution in [2.24, 2.45) is 5.73 Å². The van der Waals surface area contributed by atoms with Crippen molar-refractivity contribution in [1.82, 2.24) is 0 Å². The molecule has 0 radical (unpaired) electrons. The van der Waals surface area contributed by atoms with E-state index in [1.807, 2.05) is 0 Å². The summed E-state index contributed by atoms with van der Waals surface area (Å²) in [6, 6.07) is 7.29. The van der Waals surface area contributed by atoms with Crippen molar-refractivity contribution in [3.8, 4) is 5.75 Å². The number of nitrogens with two attached hydrogens (primary N) is 1. The second kappa shape index (κ2) is 7.03. The minimum atomic E-state index is -1.68. The zero-order valence-corrected chi connectivity index (χ0v) is 12.5. The molecule has 0 aliphatic carbocycles. The lowest BCUT2D eigenvalue weighted by molar-refractivity contribution is -0.122. The molecule has 126 valence electrons. The topological polar surface area (TPSA) is 81.4 Å². The predicted octanol–water partition coefficient (Wildman–Crippen LogP) is 2.61. The number of primary amides is 1. The highest BCUT2D eigenvalue weighted by atomic mass is 19.2. The fraction of sp³-hybridized carbons (Fsp3) is 0.125. The third-order valence-electron chi connectivity index (χ3n) is 3.11. The van der Waals surface area contributed by atoms with Crippen molar-refractivity contribution in [2.75, 3.05) is 5.32 Å². The summed E-state index contributed by atoms with van der Waals surface area (Å²) in [5.74, 6) is -5.64. The molecule has 0 saturated heterocycles. The quantitative estimate of drug-likeness (QED) is 0.822. The van der Waals surface area contributed by atoms with Crippen LogP contribution in [0.25, 0.3) is 0 Å². The van der Waals surface area contributed by atoms with Gasteiger partial charge in [0, 0.05) is 5.56 Å². The Morgan fingerprint density at radius 3 is 2.25 bits per heavy atom. The highest BCUT2D eigenvalue weighted by Crippen LogP contribution is 2.20. The highest BCUT2D eigenvalue weighted by molar-refractivity contribution is 5.94. The fourth-order valence-corrected chi connectivity index (χ4v) is 1.81. The van der Waals surface area contributed by atoms with Crippen LogP contribution in [-0.4, -0.2) is 17.9 Å². The maximum atomic E-state index is 13.5. The first kappa shape index (κ1) is 17.3. The number of hydrogen-bond donors (Lipinski definition) is 2. The van der Waals surface area contributed by atoms with Gasteiger partial charge in [0.2, 0.25) is 5.91 Å². The lowest BCUT2D eigenvalue weighted by atomic mass is 10.2. The largest absolute Gasteiger partial charge is 0.481 e. The van der Waals surface area contributed by atoms with E-state index in [1.165, 1.54) is 31.2 Å². The van der Waals surface area contributed by atoms with Crippen molar-refractivity contribution in [2.45, 2.75) is 13.0 Å². The minimum absolute atomic E-state index is 0.267. The molecule has 5 nitrogen and oxygen atoms in total. The van der Waals surface area contributed by atoms with Crippen LogP contribution in [0.1, 0.15) is 17.3 Å². The number of carbonyl (C=O) groups is 2. The van der Waals surface area contributed by atoms with Gasteiger partial charge in [-0.1, -0.05) is 0 Å². The Hall–Kier alpha value is -3.03. The van der Waals surface area contributed by atoms with Gasteiger partial charge in [-0.25, -0.2) is 13.2 Å². The number of nitrogens with one attached hydrogen (secondary N) is 1. The Morgan fingerprint density at radius 1 is 1.04 bits per heavy atom. The van der Waals surface area contributed by atoms with Crippen LogP contribution in [-0.2, 0) is 4.79 Å². The number of rotatable bonds is 5. The summed E-state index contributed by atoms with van der Waals surface area (Å²) in [6.45, 7) is 1.38. The number of halogens is 3.